The number of fused-ring (bicyclic) bond motifs is 1. The molecular weight excluding hydrogens is 500 g/mol. The van der Waals surface area contributed by atoms with Crippen LogP contribution in [0.5, 0.6) is 0 Å². The maximum Gasteiger partial charge on any atom is 0.243 e. The predicted molar refractivity (Wildman–Crippen MR) is 137 cm³/mol. The molecule has 0 aromatic heterocycles. The first-order valence-electron chi connectivity index (χ1n) is 11.4. The number of nitrogens with zero attached hydrogens (tertiary/aromatic N) is 1. The first-order chi connectivity index (χ1) is 15.8. The van der Waals surface area contributed by atoms with Crippen LogP contribution in [0.2, 0.25) is 0 Å². The third-order valence-electron chi connectivity index (χ3n) is 6.39. The molecule has 0 aliphatic carbocycles. The van der Waals surface area contributed by atoms with Crippen molar-refractivity contribution in [2.75, 3.05) is 18.4 Å². The molecule has 1 amide bonds. The smallest absolute Gasteiger partial charge is 0.243 e. The molecule has 1 atom stereocenters. The monoisotopic (exact) mass is 528 g/mol. The van der Waals surface area contributed by atoms with Crippen molar-refractivity contribution >= 4 is 48.3 Å². The highest BCUT2D eigenvalue weighted by Crippen LogP contribution is 2.30. The zero-order valence-corrected chi connectivity index (χ0v) is 21.4. The number of hydrogen-bond acceptors (Lipinski definition) is 3. The highest BCUT2D eigenvalue weighted by molar-refractivity contribution is 9.10. The van der Waals surface area contributed by atoms with E-state index in [4.69, 9.17) is 0 Å². The fraction of sp³-hybridized carbons (Fsp3) is 0.346. The van der Waals surface area contributed by atoms with E-state index < -0.39 is 10.0 Å². The fourth-order valence-corrected chi connectivity index (χ4v) is 6.63. The Morgan fingerprint density at radius 1 is 1.03 bits per heavy atom. The van der Waals surface area contributed by atoms with Crippen LogP contribution in [0.1, 0.15) is 37.8 Å². The van der Waals surface area contributed by atoms with E-state index in [-0.39, 0.29) is 23.3 Å². The van der Waals surface area contributed by atoms with Crippen LogP contribution in [0.3, 0.4) is 0 Å². The van der Waals surface area contributed by atoms with Crippen molar-refractivity contribution in [3.63, 3.8) is 0 Å². The van der Waals surface area contributed by atoms with E-state index >= 15 is 0 Å². The number of piperidine rings is 1. The van der Waals surface area contributed by atoms with Crippen molar-refractivity contribution in [1.29, 1.82) is 0 Å². The van der Waals surface area contributed by atoms with Crippen LogP contribution in [0.15, 0.2) is 64.0 Å². The van der Waals surface area contributed by atoms with Gasteiger partial charge < -0.3 is 5.32 Å². The quantitative estimate of drug-likeness (QED) is 0.441. The molecule has 0 radical (unpaired) electrons. The normalized spacial score (nSPS) is 17.2. The Balaban J connectivity index is 1.55. The van der Waals surface area contributed by atoms with Gasteiger partial charge in [-0.1, -0.05) is 60.1 Å². The molecule has 4 rings (SSSR count). The minimum atomic E-state index is -3.68. The Labute approximate surface area is 204 Å². The molecule has 1 heterocycles. The lowest BCUT2D eigenvalue weighted by Gasteiger charge is -2.31. The predicted octanol–water partition coefficient (Wildman–Crippen LogP) is 5.77. The van der Waals surface area contributed by atoms with Crippen molar-refractivity contribution in [2.24, 2.45) is 5.92 Å². The molecule has 3 aromatic rings. The molecule has 7 heteroatoms. The third-order valence-corrected chi connectivity index (χ3v) is 8.71. The van der Waals surface area contributed by atoms with E-state index in [0.717, 1.165) is 44.9 Å². The number of carbonyl (C=O) groups is 1. The van der Waals surface area contributed by atoms with Crippen LogP contribution in [0, 0.1) is 5.92 Å². The van der Waals surface area contributed by atoms with Gasteiger partial charge in [0, 0.05) is 23.2 Å². The zero-order chi connectivity index (χ0) is 23.6. The summed E-state index contributed by atoms with van der Waals surface area (Å²) in [6.45, 7) is 4.75. The first kappa shape index (κ1) is 23.9. The van der Waals surface area contributed by atoms with Gasteiger partial charge in [0.2, 0.25) is 15.9 Å². The van der Waals surface area contributed by atoms with Crippen LogP contribution < -0.4 is 5.32 Å². The first-order valence-corrected chi connectivity index (χ1v) is 13.7. The summed E-state index contributed by atoms with van der Waals surface area (Å²) < 4.78 is 29.2. The third kappa shape index (κ3) is 5.00. The molecule has 0 saturated carbocycles. The molecular formula is C26H29BrN2O3S. The second-order valence-electron chi connectivity index (χ2n) is 8.51. The number of nitrogens with one attached hydrogen (secondary N) is 1. The molecule has 1 fully saturated rings. The van der Waals surface area contributed by atoms with Gasteiger partial charge in [-0.15, -0.1) is 0 Å². The highest BCUT2D eigenvalue weighted by atomic mass is 79.9. The maximum atomic E-state index is 13.4. The summed E-state index contributed by atoms with van der Waals surface area (Å²) in [7, 11) is -3.68. The van der Waals surface area contributed by atoms with Crippen molar-refractivity contribution in [2.45, 2.75) is 44.4 Å². The molecule has 3 aromatic carbocycles. The lowest BCUT2D eigenvalue weighted by atomic mass is 9.97. The van der Waals surface area contributed by atoms with Crippen LogP contribution in [-0.2, 0) is 27.7 Å². The summed E-state index contributed by atoms with van der Waals surface area (Å²) in [5.74, 6) is -0.493. The van der Waals surface area contributed by atoms with Gasteiger partial charge in [-0.05, 0) is 71.8 Å². The number of amides is 1. The molecule has 5 nitrogen and oxygen atoms in total. The van der Waals surface area contributed by atoms with E-state index in [0.29, 0.717) is 19.4 Å². The summed E-state index contributed by atoms with van der Waals surface area (Å²) in [5.41, 5.74) is 3.01. The van der Waals surface area contributed by atoms with Crippen molar-refractivity contribution in [1.82, 2.24) is 4.31 Å². The average molecular weight is 530 g/mol. The van der Waals surface area contributed by atoms with Gasteiger partial charge in [-0.25, -0.2) is 8.42 Å². The molecule has 1 saturated heterocycles. The topological polar surface area (TPSA) is 66.5 Å². The Kier molecular flexibility index (Phi) is 7.22. The minimum Gasteiger partial charge on any atom is -0.325 e. The SMILES string of the molecule is CCc1cc(Br)cc(CC)c1NC(=O)[C@@H]1CCCN(S(=O)(=O)c2ccc3ccccc3c2)C1. The van der Waals surface area contributed by atoms with Gasteiger partial charge in [0.1, 0.15) is 0 Å². The van der Waals surface area contributed by atoms with Gasteiger partial charge in [-0.3, -0.25) is 4.79 Å². The lowest BCUT2D eigenvalue weighted by Crippen LogP contribution is -2.43. The number of anilines is 1. The van der Waals surface area contributed by atoms with Crippen LogP contribution in [0.4, 0.5) is 5.69 Å². The molecule has 1 N–H and O–H groups in total. The number of hydrogen-bond donors (Lipinski definition) is 1. The van der Waals surface area contributed by atoms with E-state index in [9.17, 15) is 13.2 Å². The molecule has 174 valence electrons. The van der Waals surface area contributed by atoms with Gasteiger partial charge in [0.05, 0.1) is 10.8 Å². The zero-order valence-electron chi connectivity index (χ0n) is 19.0. The number of sulfonamides is 1. The van der Waals surface area contributed by atoms with Crippen molar-refractivity contribution < 1.29 is 13.2 Å². The Morgan fingerprint density at radius 2 is 1.70 bits per heavy atom. The second kappa shape index (κ2) is 9.95. The number of aryl methyl sites for hydroxylation is 2. The fourth-order valence-electron chi connectivity index (χ4n) is 4.52. The molecule has 0 unspecified atom stereocenters. The van der Waals surface area contributed by atoms with E-state index in [1.165, 1.54) is 4.31 Å². The molecule has 33 heavy (non-hydrogen) atoms. The van der Waals surface area contributed by atoms with Gasteiger partial charge in [0.15, 0.2) is 0 Å². The number of benzene rings is 3. The summed E-state index contributed by atoms with van der Waals surface area (Å²) in [5, 5.41) is 5.02. The van der Waals surface area contributed by atoms with E-state index in [2.05, 4.69) is 35.1 Å². The van der Waals surface area contributed by atoms with Gasteiger partial charge >= 0.3 is 0 Å². The summed E-state index contributed by atoms with van der Waals surface area (Å²) in [6, 6.07) is 17.0. The van der Waals surface area contributed by atoms with Crippen molar-refractivity contribution in [3.8, 4) is 0 Å². The number of carbonyl (C=O) groups excluding carboxylic acids is 1. The Bertz CT molecular complexity index is 1260. The van der Waals surface area contributed by atoms with E-state index in [1.807, 2.05) is 42.5 Å². The summed E-state index contributed by atoms with van der Waals surface area (Å²) in [6.07, 6.45) is 2.94. The Morgan fingerprint density at radius 3 is 2.36 bits per heavy atom. The minimum absolute atomic E-state index is 0.111. The Hall–Kier alpha value is -2.22. The lowest BCUT2D eigenvalue weighted by molar-refractivity contribution is -0.120. The van der Waals surface area contributed by atoms with Crippen LogP contribution >= 0.6 is 15.9 Å². The van der Waals surface area contributed by atoms with Crippen LogP contribution in [-0.4, -0.2) is 31.7 Å². The molecule has 1 aliphatic heterocycles. The van der Waals surface area contributed by atoms with Gasteiger partial charge in [0.25, 0.3) is 0 Å². The number of halogens is 1. The second-order valence-corrected chi connectivity index (χ2v) is 11.4. The largest absolute Gasteiger partial charge is 0.325 e. The average Bonchev–Trinajstić information content (AvgIpc) is 2.84. The number of rotatable bonds is 6. The van der Waals surface area contributed by atoms with Crippen molar-refractivity contribution in [3.05, 3.63) is 70.2 Å². The van der Waals surface area contributed by atoms with E-state index in [1.54, 1.807) is 12.1 Å². The highest BCUT2D eigenvalue weighted by Gasteiger charge is 2.33. The summed E-state index contributed by atoms with van der Waals surface area (Å²) >= 11 is 3.55. The standard InChI is InChI=1S/C26H29BrN2O3S/c1-3-18-14-23(27)15-19(4-2)25(18)28-26(30)22-10-7-13-29(17-22)33(31,32)24-12-11-20-8-5-6-9-21(20)16-24/h5-6,8-9,11-12,14-16,22H,3-4,7,10,13,17H2,1-2H3,(H,28,30)/t22-/m1/s1. The maximum absolute atomic E-state index is 13.4. The molecule has 1 aliphatic rings. The summed E-state index contributed by atoms with van der Waals surface area (Å²) in [4.78, 5) is 13.5. The molecule has 0 spiro atoms. The molecule has 0 bridgehead atoms. The van der Waals surface area contributed by atoms with Crippen LogP contribution in [0.25, 0.3) is 10.8 Å². The van der Waals surface area contributed by atoms with Gasteiger partial charge in [-0.2, -0.15) is 4.31 Å².